The summed E-state index contributed by atoms with van der Waals surface area (Å²) >= 11 is 5.95. The Labute approximate surface area is 163 Å². The number of oxazole rings is 1. The van der Waals surface area contributed by atoms with Crippen LogP contribution in [0.3, 0.4) is 0 Å². The first-order chi connectivity index (χ1) is 13.1. The minimum atomic E-state index is -3.61. The van der Waals surface area contributed by atoms with Crippen LogP contribution in [0.4, 0.5) is 5.88 Å². The highest BCUT2D eigenvalue weighted by molar-refractivity contribution is 7.62. The Balaban J connectivity index is 1.94. The topological polar surface area (TPSA) is 82.8 Å². The van der Waals surface area contributed by atoms with E-state index in [1.807, 2.05) is 0 Å². The molecule has 0 radical (unpaired) electrons. The summed E-state index contributed by atoms with van der Waals surface area (Å²) in [6.45, 7) is 5.25. The Morgan fingerprint density at radius 2 is 1.96 bits per heavy atom. The second-order valence-corrected chi connectivity index (χ2v) is 8.40. The van der Waals surface area contributed by atoms with Crippen molar-refractivity contribution in [3.8, 4) is 11.5 Å². The Kier molecular flexibility index (Phi) is 6.95. The summed E-state index contributed by atoms with van der Waals surface area (Å²) in [5.74, 6) is 0.594. The maximum Gasteiger partial charge on any atom is 0.385 e. The lowest BCUT2D eigenvalue weighted by molar-refractivity contribution is 0.120. The molecule has 27 heavy (non-hydrogen) atoms. The van der Waals surface area contributed by atoms with Gasteiger partial charge in [-0.3, -0.25) is 4.57 Å². The van der Waals surface area contributed by atoms with E-state index in [0.29, 0.717) is 23.0 Å². The van der Waals surface area contributed by atoms with Gasteiger partial charge in [-0.2, -0.15) is 4.98 Å². The number of benzene rings is 1. The SMILES string of the molecule is CCOP(=O)(OCC)c1nc(-c2ccc(Cl)cc2)oc1NCC1CCCO1. The zero-order valence-corrected chi connectivity index (χ0v) is 17.1. The average molecular weight is 415 g/mol. The normalized spacial score (nSPS) is 17.4. The van der Waals surface area contributed by atoms with Crippen LogP contribution < -0.4 is 10.8 Å². The molecule has 0 amide bonds. The molecule has 1 unspecified atom stereocenters. The smallest absolute Gasteiger partial charge is 0.385 e. The fourth-order valence-electron chi connectivity index (χ4n) is 2.84. The predicted molar refractivity (Wildman–Crippen MR) is 105 cm³/mol. The van der Waals surface area contributed by atoms with E-state index in [1.54, 1.807) is 38.1 Å². The first kappa shape index (κ1) is 20.4. The first-order valence-electron chi connectivity index (χ1n) is 9.07. The van der Waals surface area contributed by atoms with Crippen LogP contribution in [0.15, 0.2) is 28.7 Å². The summed E-state index contributed by atoms with van der Waals surface area (Å²) in [5, 5.41) is 3.77. The molecule has 1 fully saturated rings. The van der Waals surface area contributed by atoms with E-state index >= 15 is 0 Å². The molecule has 2 aromatic rings. The third-order valence-corrected chi connectivity index (χ3v) is 6.34. The number of hydrogen-bond donors (Lipinski definition) is 1. The number of nitrogens with one attached hydrogen (secondary N) is 1. The third-order valence-electron chi connectivity index (χ3n) is 4.07. The van der Waals surface area contributed by atoms with Crippen LogP contribution in [0.25, 0.3) is 11.5 Å². The number of hydrogen-bond acceptors (Lipinski definition) is 7. The minimum absolute atomic E-state index is 0.0838. The number of rotatable bonds is 9. The first-order valence-corrected chi connectivity index (χ1v) is 11.0. The predicted octanol–water partition coefficient (Wildman–Crippen LogP) is 4.48. The van der Waals surface area contributed by atoms with Crippen LogP contribution in [0.5, 0.6) is 0 Å². The molecule has 1 aromatic heterocycles. The second kappa shape index (κ2) is 9.22. The minimum Gasteiger partial charge on any atom is -0.420 e. The van der Waals surface area contributed by atoms with Crippen LogP contribution in [0.2, 0.25) is 5.02 Å². The average Bonchev–Trinajstić information content (AvgIpc) is 3.31. The summed E-state index contributed by atoms with van der Waals surface area (Å²) in [4.78, 5) is 4.44. The van der Waals surface area contributed by atoms with Gasteiger partial charge in [-0.05, 0) is 51.0 Å². The van der Waals surface area contributed by atoms with E-state index in [-0.39, 0.29) is 30.6 Å². The van der Waals surface area contributed by atoms with Gasteiger partial charge in [-0.25, -0.2) is 0 Å². The van der Waals surface area contributed by atoms with Crippen LogP contribution in [-0.2, 0) is 18.3 Å². The molecule has 1 aliphatic heterocycles. The van der Waals surface area contributed by atoms with Crippen molar-refractivity contribution in [2.45, 2.75) is 32.8 Å². The van der Waals surface area contributed by atoms with E-state index in [9.17, 15) is 4.57 Å². The van der Waals surface area contributed by atoms with Gasteiger partial charge in [-0.1, -0.05) is 11.6 Å². The van der Waals surface area contributed by atoms with E-state index in [4.69, 9.17) is 29.8 Å². The highest BCUT2D eigenvalue weighted by Crippen LogP contribution is 2.49. The molecule has 1 N–H and O–H groups in total. The Bertz CT molecular complexity index is 780. The van der Waals surface area contributed by atoms with Gasteiger partial charge < -0.3 is 23.5 Å². The van der Waals surface area contributed by atoms with E-state index in [1.165, 1.54) is 0 Å². The van der Waals surface area contributed by atoms with Gasteiger partial charge in [0, 0.05) is 23.7 Å². The molecule has 1 aliphatic rings. The van der Waals surface area contributed by atoms with Crippen molar-refractivity contribution in [2.75, 3.05) is 31.7 Å². The fourth-order valence-corrected chi connectivity index (χ4v) is 4.55. The molecule has 1 saturated heterocycles. The monoisotopic (exact) mass is 414 g/mol. The molecule has 1 aromatic carbocycles. The van der Waals surface area contributed by atoms with E-state index in [0.717, 1.165) is 19.4 Å². The zero-order chi connectivity index (χ0) is 19.3. The highest BCUT2D eigenvalue weighted by atomic mass is 35.5. The Morgan fingerprint density at radius 1 is 1.26 bits per heavy atom. The van der Waals surface area contributed by atoms with Gasteiger partial charge in [0.05, 0.1) is 19.3 Å². The van der Waals surface area contributed by atoms with Crippen molar-refractivity contribution in [3.63, 3.8) is 0 Å². The van der Waals surface area contributed by atoms with Crippen LogP contribution >= 0.6 is 19.2 Å². The Morgan fingerprint density at radius 3 is 2.56 bits per heavy atom. The van der Waals surface area contributed by atoms with Crippen molar-refractivity contribution >= 4 is 30.5 Å². The zero-order valence-electron chi connectivity index (χ0n) is 15.4. The summed E-state index contributed by atoms with van der Waals surface area (Å²) in [7, 11) is -3.61. The molecular formula is C18H24ClN2O5P. The maximum atomic E-state index is 13.3. The lowest BCUT2D eigenvalue weighted by Crippen LogP contribution is -2.22. The lowest BCUT2D eigenvalue weighted by Gasteiger charge is -2.16. The number of anilines is 1. The summed E-state index contributed by atoms with van der Waals surface area (Å²) in [6, 6.07) is 7.05. The van der Waals surface area contributed by atoms with Crippen molar-refractivity contribution in [3.05, 3.63) is 29.3 Å². The van der Waals surface area contributed by atoms with Gasteiger partial charge in [0.15, 0.2) is 0 Å². The van der Waals surface area contributed by atoms with E-state index in [2.05, 4.69) is 10.3 Å². The van der Waals surface area contributed by atoms with Crippen molar-refractivity contribution in [2.24, 2.45) is 0 Å². The van der Waals surface area contributed by atoms with E-state index < -0.39 is 7.60 Å². The standard InChI is InChI=1S/C18H24ClN2O5P/c1-3-24-27(22,25-4-2)18-17(20-12-15-6-5-11-23-15)26-16(21-18)13-7-9-14(19)10-8-13/h7-10,15,20H,3-6,11-12H2,1-2H3. The van der Waals surface area contributed by atoms with Gasteiger partial charge in [0.25, 0.3) is 0 Å². The summed E-state index contributed by atoms with van der Waals surface area (Å²) in [5.41, 5.74) is 0.861. The van der Waals surface area contributed by atoms with Crippen molar-refractivity contribution in [1.82, 2.24) is 4.98 Å². The number of aromatic nitrogens is 1. The van der Waals surface area contributed by atoms with Gasteiger partial charge in [-0.15, -0.1) is 0 Å². The second-order valence-electron chi connectivity index (χ2n) is 6.03. The quantitative estimate of drug-likeness (QED) is 0.606. The van der Waals surface area contributed by atoms with Gasteiger partial charge in [0.1, 0.15) is 0 Å². The summed E-state index contributed by atoms with van der Waals surface area (Å²) in [6.07, 6.45) is 2.08. The van der Waals surface area contributed by atoms with Gasteiger partial charge in [0.2, 0.25) is 17.2 Å². The molecule has 148 valence electrons. The molecule has 9 heteroatoms. The number of nitrogens with zero attached hydrogens (tertiary/aromatic N) is 1. The van der Waals surface area contributed by atoms with Crippen LogP contribution in [0.1, 0.15) is 26.7 Å². The molecule has 0 spiro atoms. The highest BCUT2D eigenvalue weighted by Gasteiger charge is 2.36. The van der Waals surface area contributed by atoms with Gasteiger partial charge >= 0.3 is 7.60 Å². The van der Waals surface area contributed by atoms with Crippen LogP contribution in [-0.4, -0.2) is 37.5 Å². The molecule has 7 nitrogen and oxygen atoms in total. The van der Waals surface area contributed by atoms with Crippen molar-refractivity contribution in [1.29, 1.82) is 0 Å². The maximum absolute atomic E-state index is 13.3. The molecule has 1 atom stereocenters. The molecule has 3 rings (SSSR count). The fraction of sp³-hybridized carbons (Fsp3) is 0.500. The third kappa shape index (κ3) is 4.92. The van der Waals surface area contributed by atoms with Crippen molar-refractivity contribution < 1.29 is 22.8 Å². The number of halogens is 1. The Hall–Kier alpha value is -1.37. The molecule has 0 saturated carbocycles. The molecule has 0 aliphatic carbocycles. The molecular weight excluding hydrogens is 391 g/mol. The number of ether oxygens (including phenoxy) is 1. The van der Waals surface area contributed by atoms with Crippen LogP contribution in [0, 0.1) is 0 Å². The lowest BCUT2D eigenvalue weighted by atomic mass is 10.2. The molecule has 0 bridgehead atoms. The summed E-state index contributed by atoms with van der Waals surface area (Å²) < 4.78 is 35.7. The largest absolute Gasteiger partial charge is 0.420 e. The molecule has 2 heterocycles.